The molecule has 4 rings (SSSR count). The van der Waals surface area contributed by atoms with Crippen molar-refractivity contribution in [2.24, 2.45) is 10.7 Å². The largest absolute Gasteiger partial charge is 0.418 e. The molecule has 2 atom stereocenters. The van der Waals surface area contributed by atoms with Crippen LogP contribution in [-0.2, 0) is 11.0 Å². The average molecular weight is 481 g/mol. The van der Waals surface area contributed by atoms with Crippen LogP contribution < -0.4 is 21.7 Å². The van der Waals surface area contributed by atoms with E-state index in [9.17, 15) is 18.0 Å². The lowest BCUT2D eigenvalue weighted by atomic mass is 10.1. The van der Waals surface area contributed by atoms with Gasteiger partial charge in [0, 0.05) is 18.2 Å². The molecule has 0 saturated carbocycles. The van der Waals surface area contributed by atoms with Crippen LogP contribution in [0.25, 0.3) is 10.2 Å². The summed E-state index contributed by atoms with van der Waals surface area (Å²) in [6.07, 6.45) is -5.15. The molecule has 2 heterocycles. The summed E-state index contributed by atoms with van der Waals surface area (Å²) in [5, 5.41) is 8.24. The minimum Gasteiger partial charge on any atom is -0.370 e. The predicted molar refractivity (Wildman–Crippen MR) is 121 cm³/mol. The first-order valence-corrected chi connectivity index (χ1v) is 11.4. The Hall–Kier alpha value is -2.83. The fourth-order valence-electron chi connectivity index (χ4n) is 3.17. The molecule has 1 aliphatic rings. The van der Waals surface area contributed by atoms with Crippen molar-refractivity contribution >= 4 is 50.9 Å². The zero-order valence-corrected chi connectivity index (χ0v) is 18.2. The van der Waals surface area contributed by atoms with E-state index in [-0.39, 0.29) is 30.0 Å². The van der Waals surface area contributed by atoms with Crippen LogP contribution in [0.4, 0.5) is 18.9 Å². The van der Waals surface area contributed by atoms with Crippen molar-refractivity contribution in [2.45, 2.75) is 29.3 Å². The predicted octanol–water partition coefficient (Wildman–Crippen LogP) is 3.60. The molecule has 1 aliphatic heterocycles. The first-order valence-electron chi connectivity index (χ1n) is 9.58. The highest BCUT2D eigenvalue weighted by Crippen LogP contribution is 2.34. The van der Waals surface area contributed by atoms with Gasteiger partial charge in [0.05, 0.1) is 21.5 Å². The van der Waals surface area contributed by atoms with E-state index in [2.05, 4.69) is 25.9 Å². The molecule has 0 bridgehead atoms. The van der Waals surface area contributed by atoms with Gasteiger partial charge >= 0.3 is 6.18 Å². The molecule has 0 spiro atoms. The van der Waals surface area contributed by atoms with Crippen LogP contribution in [0.15, 0.2) is 57.9 Å². The number of aromatic nitrogens is 1. The number of thioether (sulfide) groups is 1. The Kier molecular flexibility index (Phi) is 6.53. The van der Waals surface area contributed by atoms with Gasteiger partial charge in [-0.2, -0.15) is 13.2 Å². The van der Waals surface area contributed by atoms with Crippen molar-refractivity contribution in [3.63, 3.8) is 0 Å². The van der Waals surface area contributed by atoms with E-state index in [0.29, 0.717) is 5.75 Å². The highest BCUT2D eigenvalue weighted by molar-refractivity contribution is 8.01. The van der Waals surface area contributed by atoms with E-state index in [1.807, 2.05) is 24.3 Å². The van der Waals surface area contributed by atoms with Gasteiger partial charge in [0.2, 0.25) is 5.91 Å². The minimum atomic E-state index is -4.54. The van der Waals surface area contributed by atoms with Crippen LogP contribution in [0.1, 0.15) is 12.0 Å². The lowest BCUT2D eigenvalue weighted by molar-refractivity contribution is -0.137. The molecule has 2 aromatic carbocycles. The normalized spacial score (nSPS) is 19.7. The van der Waals surface area contributed by atoms with E-state index in [1.165, 1.54) is 30.0 Å². The van der Waals surface area contributed by atoms with Gasteiger partial charge in [-0.05, 0) is 24.3 Å². The zero-order chi connectivity index (χ0) is 22.7. The highest BCUT2D eigenvalue weighted by atomic mass is 32.2. The number of halogens is 3. The van der Waals surface area contributed by atoms with Crippen LogP contribution >= 0.6 is 23.1 Å². The number of hydrogen-bond donors (Lipinski definition) is 4. The number of hydrogen-bond acceptors (Lipinski definition) is 6. The number of anilines is 1. The van der Waals surface area contributed by atoms with E-state index in [4.69, 9.17) is 5.73 Å². The van der Waals surface area contributed by atoms with Crippen LogP contribution in [0.5, 0.6) is 0 Å². The number of thiazole rings is 1. The third-order valence-electron chi connectivity index (χ3n) is 4.57. The third-order valence-corrected chi connectivity index (χ3v) is 6.91. The molecular weight excluding hydrogens is 461 g/mol. The van der Waals surface area contributed by atoms with Crippen LogP contribution in [-0.4, -0.2) is 34.9 Å². The molecule has 1 saturated heterocycles. The molecule has 0 aliphatic carbocycles. The molecule has 7 nitrogen and oxygen atoms in total. The topological polar surface area (TPSA) is 104 Å². The molecule has 1 amide bonds. The molecule has 168 valence electrons. The highest BCUT2D eigenvalue weighted by Gasteiger charge is 2.33. The van der Waals surface area contributed by atoms with Crippen molar-refractivity contribution in [1.82, 2.24) is 15.6 Å². The Bertz CT molecular complexity index is 1120. The number of fused-ring (bicyclic) bond motifs is 1. The van der Waals surface area contributed by atoms with Gasteiger partial charge in [0.25, 0.3) is 0 Å². The van der Waals surface area contributed by atoms with Gasteiger partial charge < -0.3 is 16.4 Å². The van der Waals surface area contributed by atoms with Crippen molar-refractivity contribution in [3.8, 4) is 0 Å². The quantitative estimate of drug-likeness (QED) is 0.253. The number of carbonyl (C=O) groups excluding carboxylic acids is 1. The van der Waals surface area contributed by atoms with Crippen molar-refractivity contribution < 1.29 is 18.0 Å². The van der Waals surface area contributed by atoms with Gasteiger partial charge in [-0.25, -0.2) is 9.98 Å². The number of rotatable bonds is 5. The van der Waals surface area contributed by atoms with Gasteiger partial charge in [-0.3, -0.25) is 10.1 Å². The summed E-state index contributed by atoms with van der Waals surface area (Å²) < 4.78 is 41.4. The third kappa shape index (κ3) is 5.50. The number of amides is 1. The number of carbonyl (C=O) groups is 1. The van der Waals surface area contributed by atoms with Gasteiger partial charge in [-0.1, -0.05) is 36.0 Å². The second-order valence-corrected chi connectivity index (χ2v) is 9.28. The van der Waals surface area contributed by atoms with E-state index >= 15 is 0 Å². The summed E-state index contributed by atoms with van der Waals surface area (Å²) >= 11 is 3.10. The number of alkyl halides is 3. The number of nitrogens with zero attached hydrogens (tertiary/aromatic N) is 2. The lowest BCUT2D eigenvalue weighted by Gasteiger charge is -2.29. The van der Waals surface area contributed by atoms with E-state index in [0.717, 1.165) is 20.6 Å². The summed E-state index contributed by atoms with van der Waals surface area (Å²) in [6.45, 7) is 0. The maximum Gasteiger partial charge on any atom is 0.418 e. The van der Waals surface area contributed by atoms with E-state index in [1.54, 1.807) is 11.3 Å². The Morgan fingerprint density at radius 2 is 2.00 bits per heavy atom. The van der Waals surface area contributed by atoms with Gasteiger partial charge in [-0.15, -0.1) is 11.3 Å². The second-order valence-electron chi connectivity index (χ2n) is 6.98. The molecule has 1 aromatic heterocycles. The number of guanidine groups is 1. The second kappa shape index (κ2) is 9.35. The standard InChI is InChI=1S/C20H19F3N6OS2/c21-20(22,23)12-5-1-2-6-13(12)26-17(24)29-18-25-11(9-16(30)28-18)10-31-19-27-14-7-3-4-8-15(14)32-19/h1-8,11,18,25H,9-10H2,(H,28,30)(H3,24,26,29). The maximum absolute atomic E-state index is 13.2. The number of benzene rings is 2. The fraction of sp³-hybridized carbons (Fsp3) is 0.250. The monoisotopic (exact) mass is 480 g/mol. The molecule has 1 fully saturated rings. The Morgan fingerprint density at radius 1 is 1.25 bits per heavy atom. The molecule has 0 radical (unpaired) electrons. The number of nitrogens with two attached hydrogens (primary N) is 1. The smallest absolute Gasteiger partial charge is 0.370 e. The van der Waals surface area contributed by atoms with Gasteiger partial charge in [0.15, 0.2) is 16.6 Å². The average Bonchev–Trinajstić information content (AvgIpc) is 3.14. The molecular formula is C20H19F3N6OS2. The first kappa shape index (κ1) is 22.4. The number of aliphatic imine (C=N–C) groups is 1. The summed E-state index contributed by atoms with van der Waals surface area (Å²) in [4.78, 5) is 20.8. The van der Waals surface area contributed by atoms with Crippen LogP contribution in [0, 0.1) is 0 Å². The van der Waals surface area contributed by atoms with Crippen LogP contribution in [0.3, 0.4) is 0 Å². The SMILES string of the molecule is N/C(=N\C1NC(=O)CC(CSc2nc3ccccc3s2)N1)Nc1ccccc1C(F)(F)F. The minimum absolute atomic E-state index is 0.204. The van der Waals surface area contributed by atoms with Crippen LogP contribution in [0.2, 0.25) is 0 Å². The Morgan fingerprint density at radius 3 is 2.78 bits per heavy atom. The van der Waals surface area contributed by atoms with Gasteiger partial charge in [0.1, 0.15) is 0 Å². The summed E-state index contributed by atoms with van der Waals surface area (Å²) in [6, 6.07) is 12.6. The fourth-order valence-corrected chi connectivity index (χ4v) is 5.30. The van der Waals surface area contributed by atoms with Crippen molar-refractivity contribution in [2.75, 3.05) is 11.1 Å². The molecule has 32 heavy (non-hydrogen) atoms. The van der Waals surface area contributed by atoms with E-state index < -0.39 is 18.0 Å². The number of para-hydroxylation sites is 2. The first-order chi connectivity index (χ1) is 15.3. The molecule has 3 aromatic rings. The molecule has 12 heteroatoms. The Labute approximate surface area is 189 Å². The Balaban J connectivity index is 1.39. The molecule has 2 unspecified atom stereocenters. The zero-order valence-electron chi connectivity index (χ0n) is 16.5. The maximum atomic E-state index is 13.2. The number of nitrogens with one attached hydrogen (secondary N) is 3. The lowest BCUT2D eigenvalue weighted by Crippen LogP contribution is -2.57. The van der Waals surface area contributed by atoms with Crippen molar-refractivity contribution in [3.05, 3.63) is 54.1 Å². The summed E-state index contributed by atoms with van der Waals surface area (Å²) in [7, 11) is 0. The van der Waals surface area contributed by atoms with Crippen molar-refractivity contribution in [1.29, 1.82) is 0 Å². The molecule has 5 N–H and O–H groups in total. The summed E-state index contributed by atoms with van der Waals surface area (Å²) in [5.74, 6) is 0.0959. The summed E-state index contributed by atoms with van der Waals surface area (Å²) in [5.41, 5.74) is 5.67.